The number of hydrogen-bond donors (Lipinski definition) is 2. The van der Waals surface area contributed by atoms with Crippen molar-refractivity contribution in [3.63, 3.8) is 0 Å². The van der Waals surface area contributed by atoms with Crippen molar-refractivity contribution in [2.75, 3.05) is 6.26 Å². The van der Waals surface area contributed by atoms with Crippen LogP contribution in [0.2, 0.25) is 0 Å². The molecule has 1 aliphatic rings. The number of Topliss-reactive ketones (excluding diaryl/α,β-unsaturated/α-hetero) is 1. The van der Waals surface area contributed by atoms with Gasteiger partial charge in [0.15, 0.2) is 5.78 Å². The second-order valence-corrected chi connectivity index (χ2v) is 5.31. The van der Waals surface area contributed by atoms with Crippen LogP contribution in [0.25, 0.3) is 0 Å². The molecule has 0 aliphatic carbocycles. The third kappa shape index (κ3) is 4.26. The lowest BCUT2D eigenvalue weighted by Crippen LogP contribution is -2.44. The number of carbonyl (C=O) groups is 1. The number of dihydropyridines is 1. The molecular formula is C15H18N2OS. The molecule has 0 aromatic heterocycles. The van der Waals surface area contributed by atoms with Crippen LogP contribution in [0, 0.1) is 0 Å². The first-order valence-electron chi connectivity index (χ1n) is 6.26. The maximum Gasteiger partial charge on any atom is 0.165 e. The van der Waals surface area contributed by atoms with E-state index in [-0.39, 0.29) is 17.3 Å². The number of nitrogens with one attached hydrogen (secondary N) is 2. The van der Waals surface area contributed by atoms with Gasteiger partial charge in [-0.1, -0.05) is 36.4 Å². The number of ketones is 1. The van der Waals surface area contributed by atoms with Crippen molar-refractivity contribution in [2.24, 2.45) is 0 Å². The minimum Gasteiger partial charge on any atom is -0.372 e. The third-order valence-electron chi connectivity index (χ3n) is 2.90. The third-order valence-corrected chi connectivity index (χ3v) is 3.77. The van der Waals surface area contributed by atoms with E-state index in [0.717, 1.165) is 5.56 Å². The highest BCUT2D eigenvalue weighted by Gasteiger charge is 2.16. The highest BCUT2D eigenvalue weighted by molar-refractivity contribution is 7.99. The molecule has 1 aromatic carbocycles. The van der Waals surface area contributed by atoms with E-state index in [1.165, 1.54) is 0 Å². The number of rotatable bonds is 6. The summed E-state index contributed by atoms with van der Waals surface area (Å²) in [6.07, 6.45) is 10.5. The van der Waals surface area contributed by atoms with Crippen LogP contribution in [0.1, 0.15) is 16.8 Å². The van der Waals surface area contributed by atoms with Crippen LogP contribution in [-0.2, 0) is 0 Å². The highest BCUT2D eigenvalue weighted by Crippen LogP contribution is 2.13. The van der Waals surface area contributed by atoms with E-state index >= 15 is 0 Å². The van der Waals surface area contributed by atoms with Crippen LogP contribution in [0.4, 0.5) is 0 Å². The molecule has 0 saturated carbocycles. The summed E-state index contributed by atoms with van der Waals surface area (Å²) in [5.74, 6) is 0.169. The average molecular weight is 274 g/mol. The van der Waals surface area contributed by atoms with Gasteiger partial charge in [-0.3, -0.25) is 10.1 Å². The molecule has 0 spiro atoms. The van der Waals surface area contributed by atoms with Crippen molar-refractivity contribution in [3.8, 4) is 0 Å². The lowest BCUT2D eigenvalue weighted by atomic mass is 10.1. The van der Waals surface area contributed by atoms with E-state index in [2.05, 4.69) is 10.6 Å². The largest absolute Gasteiger partial charge is 0.372 e. The predicted molar refractivity (Wildman–Crippen MR) is 81.0 cm³/mol. The van der Waals surface area contributed by atoms with Gasteiger partial charge in [0.25, 0.3) is 0 Å². The van der Waals surface area contributed by atoms with Gasteiger partial charge in [-0.2, -0.15) is 0 Å². The van der Waals surface area contributed by atoms with E-state index in [9.17, 15) is 4.79 Å². The molecule has 3 nitrogen and oxygen atoms in total. The molecule has 19 heavy (non-hydrogen) atoms. The van der Waals surface area contributed by atoms with Gasteiger partial charge >= 0.3 is 0 Å². The molecule has 2 N–H and O–H groups in total. The number of benzene rings is 1. The molecule has 1 aliphatic heterocycles. The van der Waals surface area contributed by atoms with Gasteiger partial charge in [0.1, 0.15) is 0 Å². The normalized spacial score (nSPS) is 18.9. The maximum atomic E-state index is 12.1. The number of thioether (sulfide) groups is 1. The fourth-order valence-corrected chi connectivity index (χ4v) is 2.47. The van der Waals surface area contributed by atoms with Gasteiger partial charge in [0.2, 0.25) is 0 Å². The maximum absolute atomic E-state index is 12.1. The first kappa shape index (κ1) is 13.9. The number of hydrogen-bond acceptors (Lipinski definition) is 4. The molecule has 1 aromatic rings. The van der Waals surface area contributed by atoms with Crippen LogP contribution in [0.3, 0.4) is 0 Å². The molecule has 2 atom stereocenters. The first-order valence-corrected chi connectivity index (χ1v) is 7.55. The monoisotopic (exact) mass is 274 g/mol. The number of allylic oxidation sites excluding steroid dienone is 2. The standard InChI is InChI=1S/C15H18N2OS/c1-19-15(17-14-9-5-6-10-16-14)11-13(18)12-7-3-2-4-8-12/h2-10,14-17H,11H2,1H3. The Hall–Kier alpha value is -1.52. The Morgan fingerprint density at radius 3 is 2.79 bits per heavy atom. The smallest absolute Gasteiger partial charge is 0.165 e. The van der Waals surface area contributed by atoms with Crippen LogP contribution in [-0.4, -0.2) is 23.6 Å². The summed E-state index contributed by atoms with van der Waals surface area (Å²) in [7, 11) is 0. The minimum absolute atomic E-state index is 0.0889. The van der Waals surface area contributed by atoms with Crippen LogP contribution < -0.4 is 10.6 Å². The molecule has 0 amide bonds. The van der Waals surface area contributed by atoms with Crippen LogP contribution in [0.15, 0.2) is 54.8 Å². The second-order valence-electron chi connectivity index (χ2n) is 4.27. The summed E-state index contributed by atoms with van der Waals surface area (Å²) < 4.78 is 0. The van der Waals surface area contributed by atoms with Crippen molar-refractivity contribution >= 4 is 17.5 Å². The molecule has 4 heteroatoms. The van der Waals surface area contributed by atoms with Gasteiger partial charge in [-0.15, -0.1) is 11.8 Å². The Balaban J connectivity index is 1.90. The lowest BCUT2D eigenvalue weighted by molar-refractivity contribution is 0.0978. The molecule has 0 bridgehead atoms. The molecular weight excluding hydrogens is 256 g/mol. The van der Waals surface area contributed by atoms with Crippen LogP contribution >= 0.6 is 11.8 Å². The molecule has 0 fully saturated rings. The van der Waals surface area contributed by atoms with Crippen LogP contribution in [0.5, 0.6) is 0 Å². The van der Waals surface area contributed by atoms with E-state index in [1.54, 1.807) is 11.8 Å². The molecule has 2 unspecified atom stereocenters. The minimum atomic E-state index is 0.0889. The summed E-state index contributed by atoms with van der Waals surface area (Å²) in [4.78, 5) is 12.1. The summed E-state index contributed by atoms with van der Waals surface area (Å²) in [5, 5.41) is 6.69. The fourth-order valence-electron chi connectivity index (χ4n) is 1.87. The van der Waals surface area contributed by atoms with E-state index in [4.69, 9.17) is 0 Å². The molecule has 0 radical (unpaired) electrons. The zero-order valence-electron chi connectivity index (χ0n) is 10.9. The van der Waals surface area contributed by atoms with Crippen molar-refractivity contribution in [1.29, 1.82) is 0 Å². The zero-order chi connectivity index (χ0) is 13.5. The number of carbonyl (C=O) groups excluding carboxylic acids is 1. The van der Waals surface area contributed by atoms with Crippen molar-refractivity contribution in [1.82, 2.24) is 10.6 Å². The molecule has 100 valence electrons. The Morgan fingerprint density at radius 1 is 1.37 bits per heavy atom. The second kappa shape index (κ2) is 7.16. The van der Waals surface area contributed by atoms with E-state index in [1.807, 2.05) is 61.0 Å². The Bertz CT molecular complexity index is 470. The fraction of sp³-hybridized carbons (Fsp3) is 0.267. The summed E-state index contributed by atoms with van der Waals surface area (Å²) in [6, 6.07) is 9.43. The Morgan fingerprint density at radius 2 is 2.16 bits per heavy atom. The van der Waals surface area contributed by atoms with Crippen molar-refractivity contribution in [3.05, 3.63) is 60.3 Å². The SMILES string of the molecule is CSC(CC(=O)c1ccccc1)NC1C=CC=CN1. The molecule has 0 saturated heterocycles. The molecule has 1 heterocycles. The average Bonchev–Trinajstić information content (AvgIpc) is 2.48. The first-order chi connectivity index (χ1) is 9.29. The summed E-state index contributed by atoms with van der Waals surface area (Å²) in [6.45, 7) is 0. The van der Waals surface area contributed by atoms with Crippen molar-refractivity contribution in [2.45, 2.75) is 18.0 Å². The summed E-state index contributed by atoms with van der Waals surface area (Å²) >= 11 is 1.66. The highest BCUT2D eigenvalue weighted by atomic mass is 32.2. The van der Waals surface area contributed by atoms with Gasteiger partial charge in [-0.25, -0.2) is 0 Å². The zero-order valence-corrected chi connectivity index (χ0v) is 11.7. The quantitative estimate of drug-likeness (QED) is 0.618. The molecule has 2 rings (SSSR count). The van der Waals surface area contributed by atoms with Gasteiger partial charge in [0, 0.05) is 12.0 Å². The predicted octanol–water partition coefficient (Wildman–Crippen LogP) is 2.54. The van der Waals surface area contributed by atoms with E-state index in [0.29, 0.717) is 6.42 Å². The topological polar surface area (TPSA) is 41.1 Å². The lowest BCUT2D eigenvalue weighted by Gasteiger charge is -2.23. The Labute approximate surface area is 118 Å². The Kier molecular flexibility index (Phi) is 5.24. The summed E-state index contributed by atoms with van der Waals surface area (Å²) in [5.41, 5.74) is 0.774. The van der Waals surface area contributed by atoms with Gasteiger partial charge < -0.3 is 5.32 Å². The van der Waals surface area contributed by atoms with Gasteiger partial charge in [0.05, 0.1) is 11.5 Å². The van der Waals surface area contributed by atoms with Crippen molar-refractivity contribution < 1.29 is 4.79 Å². The van der Waals surface area contributed by atoms with E-state index < -0.39 is 0 Å². The van der Waals surface area contributed by atoms with Gasteiger partial charge in [-0.05, 0) is 24.6 Å².